The Bertz CT molecular complexity index is 634. The summed E-state index contributed by atoms with van der Waals surface area (Å²) in [5, 5.41) is 7.96. The number of nitrogens with one attached hydrogen (secondary N) is 2. The zero-order valence-electron chi connectivity index (χ0n) is 13.2. The maximum atomic E-state index is 7.96. The fourth-order valence-corrected chi connectivity index (χ4v) is 2.17. The van der Waals surface area contributed by atoms with Crippen molar-refractivity contribution in [2.24, 2.45) is 27.3 Å². The van der Waals surface area contributed by atoms with Crippen LogP contribution in [0.4, 0.5) is 5.69 Å². The van der Waals surface area contributed by atoms with Gasteiger partial charge in [-0.1, -0.05) is 12.1 Å². The van der Waals surface area contributed by atoms with Crippen LogP contribution < -0.4 is 22.8 Å². The maximum Gasteiger partial charge on any atom is 0.153 e. The molecule has 1 aromatic rings. The Morgan fingerprint density at radius 1 is 1.35 bits per heavy atom. The van der Waals surface area contributed by atoms with Crippen LogP contribution in [0.2, 0.25) is 0 Å². The Labute approximate surface area is 135 Å². The molecular formula is C15H23N7O. The van der Waals surface area contributed by atoms with Crippen molar-refractivity contribution in [3.63, 3.8) is 0 Å². The quantitative estimate of drug-likeness (QED) is 0.271. The topological polar surface area (TPSA) is 148 Å². The molecule has 1 aromatic carbocycles. The van der Waals surface area contributed by atoms with Gasteiger partial charge in [0.05, 0.1) is 5.69 Å². The fourth-order valence-electron chi connectivity index (χ4n) is 2.17. The van der Waals surface area contributed by atoms with E-state index in [1.165, 1.54) is 0 Å². The minimum atomic E-state index is -0.109. The SMILES string of the molecule is Cc1cccc(N=C(N)C(=N)C(N)=NCCC2(NON)CC2)c1. The van der Waals surface area contributed by atoms with Gasteiger partial charge in [0.15, 0.2) is 5.84 Å². The fraction of sp³-hybridized carbons (Fsp3) is 0.400. The number of hydroxylamine groups is 1. The molecule has 0 saturated heterocycles. The van der Waals surface area contributed by atoms with Gasteiger partial charge in [0.1, 0.15) is 11.5 Å². The van der Waals surface area contributed by atoms with E-state index in [4.69, 9.17) is 22.8 Å². The number of nitrogens with two attached hydrogens (primary N) is 3. The lowest BCUT2D eigenvalue weighted by Crippen LogP contribution is -2.36. The lowest BCUT2D eigenvalue weighted by atomic mass is 10.2. The molecule has 0 radical (unpaired) electrons. The van der Waals surface area contributed by atoms with Crippen LogP contribution in [0.15, 0.2) is 34.3 Å². The van der Waals surface area contributed by atoms with Crippen molar-refractivity contribution in [2.75, 3.05) is 6.54 Å². The molecule has 1 aliphatic rings. The van der Waals surface area contributed by atoms with Crippen LogP contribution in [0.5, 0.6) is 0 Å². The Balaban J connectivity index is 1.94. The molecule has 0 amide bonds. The molecule has 0 unspecified atom stereocenters. The van der Waals surface area contributed by atoms with E-state index in [0.29, 0.717) is 12.2 Å². The Kier molecular flexibility index (Phi) is 5.43. The van der Waals surface area contributed by atoms with Crippen LogP contribution in [0.25, 0.3) is 0 Å². The minimum absolute atomic E-state index is 0.0430. The predicted octanol–water partition coefficient (Wildman–Crippen LogP) is 0.678. The first-order valence-corrected chi connectivity index (χ1v) is 7.39. The highest BCUT2D eigenvalue weighted by Gasteiger charge is 2.42. The van der Waals surface area contributed by atoms with Gasteiger partial charge < -0.3 is 11.5 Å². The van der Waals surface area contributed by atoms with Gasteiger partial charge in [-0.3, -0.25) is 10.4 Å². The van der Waals surface area contributed by atoms with E-state index in [9.17, 15) is 0 Å². The van der Waals surface area contributed by atoms with Crippen LogP contribution in [0.1, 0.15) is 24.8 Å². The van der Waals surface area contributed by atoms with Gasteiger partial charge >= 0.3 is 0 Å². The van der Waals surface area contributed by atoms with Gasteiger partial charge in [0, 0.05) is 12.1 Å². The molecule has 8 N–H and O–H groups in total. The van der Waals surface area contributed by atoms with Crippen molar-refractivity contribution in [3.8, 4) is 0 Å². The van der Waals surface area contributed by atoms with E-state index in [-0.39, 0.29) is 22.9 Å². The number of aliphatic imine (C=N–C) groups is 2. The van der Waals surface area contributed by atoms with Crippen molar-refractivity contribution in [1.29, 1.82) is 5.41 Å². The van der Waals surface area contributed by atoms with Gasteiger partial charge in [-0.25, -0.2) is 9.93 Å². The van der Waals surface area contributed by atoms with Crippen molar-refractivity contribution in [1.82, 2.24) is 5.48 Å². The molecule has 1 saturated carbocycles. The Morgan fingerprint density at radius 3 is 2.70 bits per heavy atom. The van der Waals surface area contributed by atoms with Crippen molar-refractivity contribution >= 4 is 23.1 Å². The number of amidine groups is 2. The van der Waals surface area contributed by atoms with Crippen molar-refractivity contribution < 1.29 is 4.94 Å². The van der Waals surface area contributed by atoms with Crippen molar-refractivity contribution in [3.05, 3.63) is 29.8 Å². The molecule has 0 aliphatic heterocycles. The number of hydrogen-bond acceptors (Lipinski definition) is 6. The molecule has 0 heterocycles. The van der Waals surface area contributed by atoms with Gasteiger partial charge in [-0.15, -0.1) is 0 Å². The third-order valence-corrected chi connectivity index (χ3v) is 3.76. The molecule has 1 aliphatic carbocycles. The van der Waals surface area contributed by atoms with Crippen molar-refractivity contribution in [2.45, 2.75) is 31.7 Å². The first-order valence-electron chi connectivity index (χ1n) is 7.39. The average molecular weight is 317 g/mol. The maximum absolute atomic E-state index is 7.96. The molecule has 124 valence electrons. The summed E-state index contributed by atoms with van der Waals surface area (Å²) in [5.74, 6) is 5.14. The van der Waals surface area contributed by atoms with Gasteiger partial charge in [0.2, 0.25) is 0 Å². The molecule has 0 atom stereocenters. The van der Waals surface area contributed by atoms with Crippen LogP contribution in [-0.4, -0.2) is 29.5 Å². The number of benzene rings is 1. The second kappa shape index (κ2) is 7.32. The number of hydrogen-bond donors (Lipinski definition) is 5. The third kappa shape index (κ3) is 4.85. The number of rotatable bonds is 8. The second-order valence-corrected chi connectivity index (χ2v) is 5.73. The van der Waals surface area contributed by atoms with Gasteiger partial charge in [-0.2, -0.15) is 11.4 Å². The normalized spacial score (nSPS) is 17.1. The first-order chi connectivity index (χ1) is 11.0. The molecule has 8 nitrogen and oxygen atoms in total. The third-order valence-electron chi connectivity index (χ3n) is 3.76. The van der Waals surface area contributed by atoms with E-state index < -0.39 is 0 Å². The molecule has 0 spiro atoms. The summed E-state index contributed by atoms with van der Waals surface area (Å²) < 4.78 is 0. The molecule has 0 aromatic heterocycles. The van der Waals surface area contributed by atoms with E-state index in [0.717, 1.165) is 24.8 Å². The van der Waals surface area contributed by atoms with Crippen LogP contribution in [-0.2, 0) is 4.94 Å². The zero-order valence-corrected chi connectivity index (χ0v) is 13.2. The monoisotopic (exact) mass is 317 g/mol. The van der Waals surface area contributed by atoms with E-state index in [2.05, 4.69) is 20.4 Å². The molecule has 1 fully saturated rings. The molecule has 23 heavy (non-hydrogen) atoms. The lowest BCUT2D eigenvalue weighted by molar-refractivity contribution is 0.00547. The van der Waals surface area contributed by atoms with Gasteiger partial charge in [0.25, 0.3) is 0 Å². The zero-order chi connectivity index (χ0) is 16.9. The highest BCUT2D eigenvalue weighted by atomic mass is 16.8. The van der Waals surface area contributed by atoms with Crippen LogP contribution in [0, 0.1) is 12.3 Å². The summed E-state index contributed by atoms with van der Waals surface area (Å²) in [4.78, 5) is 12.9. The first kappa shape index (κ1) is 17.1. The number of aryl methyl sites for hydroxylation is 1. The van der Waals surface area contributed by atoms with Gasteiger partial charge in [-0.05, 0) is 43.9 Å². The van der Waals surface area contributed by atoms with Crippen LogP contribution in [0.3, 0.4) is 0 Å². The highest BCUT2D eigenvalue weighted by Crippen LogP contribution is 2.38. The largest absolute Gasteiger partial charge is 0.382 e. The standard InChI is InChI=1S/C15H23N7O/c1-10-3-2-4-11(9-10)21-14(18)12(16)13(17)20-8-7-15(5-6-15)22-23-19/h2-4,9,16,22H,5-8,19H2,1H3,(H2,17,20)(H2,18,21). The lowest BCUT2D eigenvalue weighted by Gasteiger charge is -2.13. The summed E-state index contributed by atoms with van der Waals surface area (Å²) in [5.41, 5.74) is 16.0. The Morgan fingerprint density at radius 2 is 2.09 bits per heavy atom. The molecule has 2 rings (SSSR count). The van der Waals surface area contributed by atoms with E-state index >= 15 is 0 Å². The molecule has 8 heteroatoms. The van der Waals surface area contributed by atoms with E-state index in [1.807, 2.05) is 31.2 Å². The Hall–Kier alpha value is -2.29. The second-order valence-electron chi connectivity index (χ2n) is 5.73. The summed E-state index contributed by atoms with van der Waals surface area (Å²) in [6.45, 7) is 2.42. The smallest absolute Gasteiger partial charge is 0.153 e. The summed E-state index contributed by atoms with van der Waals surface area (Å²) in [6, 6.07) is 7.53. The predicted molar refractivity (Wildman–Crippen MR) is 91.7 cm³/mol. The summed E-state index contributed by atoms with van der Waals surface area (Å²) >= 11 is 0. The summed E-state index contributed by atoms with van der Waals surface area (Å²) in [7, 11) is 0. The number of nitrogens with zero attached hydrogens (tertiary/aromatic N) is 2. The molecular weight excluding hydrogens is 294 g/mol. The van der Waals surface area contributed by atoms with Crippen LogP contribution >= 0.6 is 0 Å². The van der Waals surface area contributed by atoms with E-state index in [1.54, 1.807) is 0 Å². The average Bonchev–Trinajstić information content (AvgIpc) is 3.26. The minimum Gasteiger partial charge on any atom is -0.382 e. The summed E-state index contributed by atoms with van der Waals surface area (Å²) in [6.07, 6.45) is 2.69. The molecule has 0 bridgehead atoms. The highest BCUT2D eigenvalue weighted by molar-refractivity contribution is 6.66.